The van der Waals surface area contributed by atoms with Crippen LogP contribution in [0.3, 0.4) is 0 Å². The van der Waals surface area contributed by atoms with Crippen LogP contribution in [0.2, 0.25) is 0 Å². The minimum absolute atomic E-state index is 0.141. The first-order valence-electron chi connectivity index (χ1n) is 8.40. The molecule has 1 aliphatic carbocycles. The van der Waals surface area contributed by atoms with Crippen LogP contribution in [0.15, 0.2) is 53.1 Å². The molecular formula is C19H22N2O2. The Morgan fingerprint density at radius 3 is 2.52 bits per heavy atom. The predicted molar refractivity (Wildman–Crippen MR) is 87.9 cm³/mol. The fourth-order valence-electron chi connectivity index (χ4n) is 3.49. The van der Waals surface area contributed by atoms with Crippen molar-refractivity contribution in [2.75, 3.05) is 26.2 Å². The van der Waals surface area contributed by atoms with Gasteiger partial charge in [0.15, 0.2) is 0 Å². The number of carbonyl (C=O) groups excluding carboxylic acids is 1. The first kappa shape index (κ1) is 14.5. The summed E-state index contributed by atoms with van der Waals surface area (Å²) in [5.74, 6) is 1.72. The Bertz CT molecular complexity index is 645. The van der Waals surface area contributed by atoms with E-state index in [0.29, 0.717) is 11.8 Å². The largest absolute Gasteiger partial charge is 0.469 e. The van der Waals surface area contributed by atoms with Crippen molar-refractivity contribution in [2.45, 2.75) is 18.9 Å². The van der Waals surface area contributed by atoms with E-state index in [4.69, 9.17) is 4.42 Å². The van der Waals surface area contributed by atoms with Gasteiger partial charge < -0.3 is 9.32 Å². The number of hydrogen-bond acceptors (Lipinski definition) is 3. The second-order valence-electron chi connectivity index (χ2n) is 6.55. The molecule has 1 saturated heterocycles. The second kappa shape index (κ2) is 6.20. The average Bonchev–Trinajstić information content (AvgIpc) is 3.21. The molecule has 120 valence electrons. The van der Waals surface area contributed by atoms with Gasteiger partial charge in [0.1, 0.15) is 5.76 Å². The number of hydrogen-bond donors (Lipinski definition) is 0. The normalized spacial score (nSPS) is 24.6. The molecule has 23 heavy (non-hydrogen) atoms. The summed E-state index contributed by atoms with van der Waals surface area (Å²) < 4.78 is 5.43. The van der Waals surface area contributed by atoms with E-state index in [-0.39, 0.29) is 5.92 Å². The highest BCUT2D eigenvalue weighted by Crippen LogP contribution is 2.48. The van der Waals surface area contributed by atoms with Gasteiger partial charge in [-0.15, -0.1) is 0 Å². The van der Waals surface area contributed by atoms with E-state index in [9.17, 15) is 4.79 Å². The maximum Gasteiger partial charge on any atom is 0.226 e. The van der Waals surface area contributed by atoms with E-state index >= 15 is 0 Å². The van der Waals surface area contributed by atoms with Crippen molar-refractivity contribution >= 4 is 5.91 Å². The molecule has 4 nitrogen and oxygen atoms in total. The highest BCUT2D eigenvalue weighted by Gasteiger charge is 2.47. The number of rotatable bonds is 4. The van der Waals surface area contributed by atoms with E-state index in [1.807, 2.05) is 23.1 Å². The van der Waals surface area contributed by atoms with Crippen LogP contribution in [0.1, 0.15) is 23.7 Å². The third-order valence-corrected chi connectivity index (χ3v) is 4.95. The maximum absolute atomic E-state index is 12.6. The topological polar surface area (TPSA) is 36.7 Å². The molecule has 2 aromatic rings. The Kier molecular flexibility index (Phi) is 3.92. The van der Waals surface area contributed by atoms with E-state index in [1.165, 1.54) is 5.56 Å². The van der Waals surface area contributed by atoms with Crippen LogP contribution in [0.5, 0.6) is 0 Å². The summed E-state index contributed by atoms with van der Waals surface area (Å²) in [6.45, 7) is 4.57. The predicted octanol–water partition coefficient (Wildman–Crippen LogP) is 2.73. The molecule has 1 aromatic carbocycles. The van der Waals surface area contributed by atoms with Gasteiger partial charge in [-0.2, -0.15) is 0 Å². The first-order chi connectivity index (χ1) is 11.3. The summed E-state index contributed by atoms with van der Waals surface area (Å²) >= 11 is 0. The van der Waals surface area contributed by atoms with E-state index in [0.717, 1.165) is 44.9 Å². The van der Waals surface area contributed by atoms with Gasteiger partial charge in [0.25, 0.3) is 0 Å². The van der Waals surface area contributed by atoms with Crippen LogP contribution in [0, 0.1) is 5.92 Å². The van der Waals surface area contributed by atoms with Gasteiger partial charge in [-0.1, -0.05) is 30.3 Å². The van der Waals surface area contributed by atoms with Crippen LogP contribution < -0.4 is 0 Å². The highest BCUT2D eigenvalue weighted by molar-refractivity contribution is 5.83. The van der Waals surface area contributed by atoms with Crippen molar-refractivity contribution in [3.8, 4) is 0 Å². The summed E-state index contributed by atoms with van der Waals surface area (Å²) in [6, 6.07) is 14.4. The van der Waals surface area contributed by atoms with Crippen LogP contribution >= 0.6 is 0 Å². The number of amides is 1. The van der Waals surface area contributed by atoms with Gasteiger partial charge in [-0.3, -0.25) is 9.69 Å². The van der Waals surface area contributed by atoms with Crippen LogP contribution in [-0.2, 0) is 11.3 Å². The lowest BCUT2D eigenvalue weighted by Gasteiger charge is -2.35. The molecule has 4 heteroatoms. The Morgan fingerprint density at radius 2 is 1.83 bits per heavy atom. The molecule has 2 aliphatic rings. The second-order valence-corrected chi connectivity index (χ2v) is 6.55. The van der Waals surface area contributed by atoms with Gasteiger partial charge in [-0.25, -0.2) is 0 Å². The average molecular weight is 310 g/mol. The summed E-state index contributed by atoms with van der Waals surface area (Å²) in [7, 11) is 0. The van der Waals surface area contributed by atoms with Gasteiger partial charge in [-0.05, 0) is 24.1 Å². The molecule has 0 unspecified atom stereocenters. The molecule has 2 fully saturated rings. The lowest BCUT2D eigenvalue weighted by molar-refractivity contribution is -0.134. The molecule has 0 bridgehead atoms. The van der Waals surface area contributed by atoms with Gasteiger partial charge >= 0.3 is 0 Å². The van der Waals surface area contributed by atoms with Crippen LogP contribution in [-0.4, -0.2) is 41.9 Å². The lowest BCUT2D eigenvalue weighted by atomic mass is 10.2. The van der Waals surface area contributed by atoms with Gasteiger partial charge in [0, 0.05) is 44.6 Å². The summed E-state index contributed by atoms with van der Waals surface area (Å²) in [4.78, 5) is 17.1. The van der Waals surface area contributed by atoms with Crippen LogP contribution in [0.4, 0.5) is 0 Å². The Hall–Kier alpha value is -2.07. The molecule has 2 atom stereocenters. The van der Waals surface area contributed by atoms with Crippen molar-refractivity contribution in [3.63, 3.8) is 0 Å². The molecule has 2 heterocycles. The van der Waals surface area contributed by atoms with Crippen LogP contribution in [0.25, 0.3) is 0 Å². The molecule has 1 saturated carbocycles. The third kappa shape index (κ3) is 3.17. The minimum Gasteiger partial charge on any atom is -0.469 e. The zero-order chi connectivity index (χ0) is 15.6. The molecule has 0 radical (unpaired) electrons. The summed E-state index contributed by atoms with van der Waals surface area (Å²) in [5, 5.41) is 0. The Morgan fingerprint density at radius 1 is 1.04 bits per heavy atom. The molecule has 1 amide bonds. The summed E-state index contributed by atoms with van der Waals surface area (Å²) in [6.07, 6.45) is 2.63. The fraction of sp³-hybridized carbons (Fsp3) is 0.421. The summed E-state index contributed by atoms with van der Waals surface area (Å²) in [5.41, 5.74) is 1.34. The zero-order valence-corrected chi connectivity index (χ0v) is 13.2. The number of benzene rings is 1. The Labute approximate surface area is 136 Å². The van der Waals surface area contributed by atoms with Crippen molar-refractivity contribution in [3.05, 3.63) is 60.1 Å². The fourth-order valence-corrected chi connectivity index (χ4v) is 3.49. The third-order valence-electron chi connectivity index (χ3n) is 4.95. The maximum atomic E-state index is 12.6. The lowest BCUT2D eigenvalue weighted by Crippen LogP contribution is -2.48. The minimum atomic E-state index is 0.141. The van der Waals surface area contributed by atoms with E-state index < -0.39 is 0 Å². The Balaban J connectivity index is 1.28. The number of carbonyl (C=O) groups is 1. The molecule has 0 spiro atoms. The smallest absolute Gasteiger partial charge is 0.226 e. The standard InChI is InChI=1S/C19H22N2O2/c22-19(17-13-16(17)18-7-4-12-23-18)21-10-8-20(9-11-21)14-15-5-2-1-3-6-15/h1-7,12,16-17H,8-11,13-14H2/t16-,17+/m0/s1. The van der Waals surface area contributed by atoms with Crippen molar-refractivity contribution < 1.29 is 9.21 Å². The van der Waals surface area contributed by atoms with Gasteiger partial charge in [0.2, 0.25) is 5.91 Å². The SMILES string of the molecule is O=C([C@@H]1C[C@@H]1c1ccco1)N1CCN(Cc2ccccc2)CC1. The first-order valence-corrected chi connectivity index (χ1v) is 8.40. The molecular weight excluding hydrogens is 288 g/mol. The highest BCUT2D eigenvalue weighted by atomic mass is 16.3. The monoisotopic (exact) mass is 310 g/mol. The van der Waals surface area contributed by atoms with Crippen molar-refractivity contribution in [2.24, 2.45) is 5.92 Å². The van der Waals surface area contributed by atoms with E-state index in [1.54, 1.807) is 6.26 Å². The zero-order valence-electron chi connectivity index (χ0n) is 13.2. The van der Waals surface area contributed by atoms with Crippen molar-refractivity contribution in [1.29, 1.82) is 0 Å². The quantitative estimate of drug-likeness (QED) is 0.871. The van der Waals surface area contributed by atoms with E-state index in [2.05, 4.69) is 29.2 Å². The molecule has 1 aliphatic heterocycles. The van der Waals surface area contributed by atoms with Gasteiger partial charge in [0.05, 0.1) is 6.26 Å². The molecule has 0 N–H and O–H groups in total. The van der Waals surface area contributed by atoms with Crippen molar-refractivity contribution in [1.82, 2.24) is 9.80 Å². The molecule has 4 rings (SSSR count). The number of nitrogens with zero attached hydrogens (tertiary/aromatic N) is 2. The molecule has 1 aromatic heterocycles. The number of furan rings is 1. The number of piperazine rings is 1.